The van der Waals surface area contributed by atoms with Crippen LogP contribution in [0.15, 0.2) is 35.1 Å². The Balaban J connectivity index is 1.91. The third kappa shape index (κ3) is 2.60. The Hall–Kier alpha value is -1.13. The average Bonchev–Trinajstić information content (AvgIpc) is 2.86. The third-order valence-corrected chi connectivity index (χ3v) is 4.50. The number of hydrogen-bond donors (Lipinski definition) is 1. The third-order valence-electron chi connectivity index (χ3n) is 3.87. The fraction of sp³-hybridized carbons (Fsp3) is 0.400. The van der Waals surface area contributed by atoms with E-state index in [1.54, 1.807) is 0 Å². The lowest BCUT2D eigenvalue weighted by Crippen LogP contribution is -2.26. The Labute approximate surface area is 122 Å². The molecule has 3 rings (SSSR count). The highest BCUT2D eigenvalue weighted by Crippen LogP contribution is 2.30. The van der Waals surface area contributed by atoms with E-state index in [9.17, 15) is 0 Å². The molecule has 1 N–H and O–H groups in total. The van der Waals surface area contributed by atoms with Gasteiger partial charge < -0.3 is 9.88 Å². The van der Waals surface area contributed by atoms with Gasteiger partial charge in [-0.25, -0.2) is 4.98 Å². The van der Waals surface area contributed by atoms with Crippen molar-refractivity contribution in [1.29, 1.82) is 0 Å². The zero-order chi connectivity index (χ0) is 13.2. The second-order valence-electron chi connectivity index (χ2n) is 5.08. The summed E-state index contributed by atoms with van der Waals surface area (Å²) in [6.07, 6.45) is 6.30. The minimum atomic E-state index is 0.690. The van der Waals surface area contributed by atoms with E-state index < -0.39 is 0 Å². The first-order valence-electron chi connectivity index (χ1n) is 6.76. The molecular weight excluding hydrogens is 302 g/mol. The number of aromatic nitrogens is 2. The molecule has 1 aliphatic rings. The van der Waals surface area contributed by atoms with E-state index in [1.165, 1.54) is 18.4 Å². The summed E-state index contributed by atoms with van der Waals surface area (Å²) in [6.45, 7) is 4.28. The molecule has 0 bridgehead atoms. The fourth-order valence-electron chi connectivity index (χ4n) is 2.76. The lowest BCUT2D eigenvalue weighted by molar-refractivity contribution is 0.460. The first-order valence-corrected chi connectivity index (χ1v) is 7.55. The van der Waals surface area contributed by atoms with Gasteiger partial charge in [-0.2, -0.15) is 0 Å². The smallest absolute Gasteiger partial charge is 0.110 e. The normalized spacial score (nSPS) is 16.7. The van der Waals surface area contributed by atoms with E-state index in [1.807, 2.05) is 19.3 Å². The molecule has 1 aromatic heterocycles. The summed E-state index contributed by atoms with van der Waals surface area (Å²) in [5.41, 5.74) is 2.60. The highest BCUT2D eigenvalue weighted by molar-refractivity contribution is 9.10. The average molecular weight is 320 g/mol. The number of aryl methyl sites for hydroxylation is 1. The van der Waals surface area contributed by atoms with Gasteiger partial charge in [0.05, 0.1) is 5.69 Å². The number of nitrogens with zero attached hydrogens (tertiary/aromatic N) is 2. The lowest BCUT2D eigenvalue weighted by Gasteiger charge is -2.23. The molecule has 19 heavy (non-hydrogen) atoms. The molecule has 4 heteroatoms. The standard InChI is InChI=1S/C15H18BrN3/c1-11-18-8-9-19(11)15-3-2-13(10-14(15)16)12-4-6-17-7-5-12/h2-3,8-10,12,17H,4-7H2,1H3. The lowest BCUT2D eigenvalue weighted by atomic mass is 9.90. The van der Waals surface area contributed by atoms with Gasteiger partial charge in [0.25, 0.3) is 0 Å². The minimum Gasteiger partial charge on any atom is -0.317 e. The van der Waals surface area contributed by atoms with Crippen LogP contribution in [0.4, 0.5) is 0 Å². The van der Waals surface area contributed by atoms with E-state index >= 15 is 0 Å². The molecule has 2 aromatic rings. The van der Waals surface area contributed by atoms with Gasteiger partial charge in [-0.15, -0.1) is 0 Å². The van der Waals surface area contributed by atoms with Gasteiger partial charge in [0, 0.05) is 16.9 Å². The van der Waals surface area contributed by atoms with E-state index in [4.69, 9.17) is 0 Å². The molecule has 100 valence electrons. The number of rotatable bonds is 2. The van der Waals surface area contributed by atoms with Crippen molar-refractivity contribution in [2.24, 2.45) is 0 Å². The van der Waals surface area contributed by atoms with Crippen LogP contribution in [0.2, 0.25) is 0 Å². The highest BCUT2D eigenvalue weighted by atomic mass is 79.9. The van der Waals surface area contributed by atoms with Crippen LogP contribution in [0.1, 0.15) is 30.1 Å². The molecule has 0 aliphatic carbocycles. The molecule has 1 saturated heterocycles. The molecule has 1 aromatic carbocycles. The van der Waals surface area contributed by atoms with Crippen molar-refractivity contribution in [3.8, 4) is 5.69 Å². The molecule has 0 radical (unpaired) electrons. The van der Waals surface area contributed by atoms with Gasteiger partial charge in [0.1, 0.15) is 5.82 Å². The topological polar surface area (TPSA) is 29.9 Å². The van der Waals surface area contributed by atoms with Gasteiger partial charge in [-0.3, -0.25) is 0 Å². The maximum Gasteiger partial charge on any atom is 0.110 e. The van der Waals surface area contributed by atoms with Gasteiger partial charge >= 0.3 is 0 Å². The minimum absolute atomic E-state index is 0.690. The van der Waals surface area contributed by atoms with Crippen LogP contribution in [-0.4, -0.2) is 22.6 Å². The van der Waals surface area contributed by atoms with E-state index in [2.05, 4.69) is 49.0 Å². The van der Waals surface area contributed by atoms with Crippen LogP contribution in [0, 0.1) is 6.92 Å². The highest BCUT2D eigenvalue weighted by Gasteiger charge is 2.16. The van der Waals surface area contributed by atoms with Gasteiger partial charge in [-0.05, 0) is 72.4 Å². The first kappa shape index (κ1) is 12.9. The summed E-state index contributed by atoms with van der Waals surface area (Å²) < 4.78 is 3.25. The molecule has 0 unspecified atom stereocenters. The van der Waals surface area contributed by atoms with Crippen molar-refractivity contribution >= 4 is 15.9 Å². The van der Waals surface area contributed by atoms with Crippen LogP contribution >= 0.6 is 15.9 Å². The molecule has 3 nitrogen and oxygen atoms in total. The predicted molar refractivity (Wildman–Crippen MR) is 80.8 cm³/mol. The molecular formula is C15H18BrN3. The van der Waals surface area contributed by atoms with E-state index in [0.717, 1.165) is 29.1 Å². The SMILES string of the molecule is Cc1nccn1-c1ccc(C2CCNCC2)cc1Br. The maximum atomic E-state index is 4.28. The molecule has 0 saturated carbocycles. The van der Waals surface area contributed by atoms with E-state index in [-0.39, 0.29) is 0 Å². The summed E-state index contributed by atoms with van der Waals surface area (Å²) in [6, 6.07) is 6.72. The van der Waals surface area contributed by atoms with E-state index in [0.29, 0.717) is 5.92 Å². The van der Waals surface area contributed by atoms with Crippen molar-refractivity contribution < 1.29 is 0 Å². The van der Waals surface area contributed by atoms with Crippen LogP contribution in [0.5, 0.6) is 0 Å². The van der Waals surface area contributed by atoms with Crippen molar-refractivity contribution in [3.63, 3.8) is 0 Å². The second kappa shape index (κ2) is 5.47. The molecule has 0 atom stereocenters. The van der Waals surface area contributed by atoms with Crippen molar-refractivity contribution in [3.05, 3.63) is 46.5 Å². The zero-order valence-electron chi connectivity index (χ0n) is 11.1. The molecule has 2 heterocycles. The Kier molecular flexibility index (Phi) is 3.71. The number of halogens is 1. The summed E-state index contributed by atoms with van der Waals surface area (Å²) in [5.74, 6) is 1.70. The summed E-state index contributed by atoms with van der Waals surface area (Å²) in [4.78, 5) is 4.28. The monoisotopic (exact) mass is 319 g/mol. The number of nitrogens with one attached hydrogen (secondary N) is 1. The Morgan fingerprint density at radius 1 is 1.32 bits per heavy atom. The quantitative estimate of drug-likeness (QED) is 0.919. The molecule has 1 aliphatic heterocycles. The maximum absolute atomic E-state index is 4.28. The number of imidazole rings is 1. The van der Waals surface area contributed by atoms with Crippen LogP contribution in [-0.2, 0) is 0 Å². The first-order chi connectivity index (χ1) is 9.25. The Morgan fingerprint density at radius 2 is 2.11 bits per heavy atom. The van der Waals surface area contributed by atoms with Gasteiger partial charge in [0.2, 0.25) is 0 Å². The van der Waals surface area contributed by atoms with Crippen molar-refractivity contribution in [2.45, 2.75) is 25.7 Å². The van der Waals surface area contributed by atoms with Crippen molar-refractivity contribution in [2.75, 3.05) is 13.1 Å². The van der Waals surface area contributed by atoms with Gasteiger partial charge in [-0.1, -0.05) is 6.07 Å². The molecule has 0 amide bonds. The summed E-state index contributed by atoms with van der Waals surface area (Å²) in [7, 11) is 0. The molecule has 1 fully saturated rings. The second-order valence-corrected chi connectivity index (χ2v) is 5.93. The number of hydrogen-bond acceptors (Lipinski definition) is 2. The van der Waals surface area contributed by atoms with Crippen LogP contribution < -0.4 is 5.32 Å². The summed E-state index contributed by atoms with van der Waals surface area (Å²) in [5, 5.41) is 3.42. The predicted octanol–water partition coefficient (Wildman–Crippen LogP) is 3.41. The van der Waals surface area contributed by atoms with Crippen molar-refractivity contribution in [1.82, 2.24) is 14.9 Å². The molecule has 0 spiro atoms. The van der Waals surface area contributed by atoms with Crippen LogP contribution in [0.25, 0.3) is 5.69 Å². The Morgan fingerprint density at radius 3 is 2.74 bits per heavy atom. The zero-order valence-corrected chi connectivity index (χ0v) is 12.7. The Bertz CT molecular complexity index is 571. The largest absolute Gasteiger partial charge is 0.317 e. The summed E-state index contributed by atoms with van der Waals surface area (Å²) >= 11 is 3.71. The van der Waals surface area contributed by atoms with Gasteiger partial charge in [0.15, 0.2) is 0 Å². The number of piperidine rings is 1. The van der Waals surface area contributed by atoms with Crippen LogP contribution in [0.3, 0.4) is 0 Å². The number of benzene rings is 1. The fourth-order valence-corrected chi connectivity index (χ4v) is 3.35.